The summed E-state index contributed by atoms with van der Waals surface area (Å²) in [6, 6.07) is 7.26. The van der Waals surface area contributed by atoms with Crippen LogP contribution in [0.4, 0.5) is 0 Å². The molecule has 1 N–H and O–H groups in total. The molecular formula is C23H26O4. The molecule has 0 spiro atoms. The molecule has 0 aliphatic heterocycles. The molecule has 4 heteroatoms. The molecule has 0 radical (unpaired) electrons. The molecule has 27 heavy (non-hydrogen) atoms. The van der Waals surface area contributed by atoms with E-state index >= 15 is 0 Å². The molecule has 0 saturated heterocycles. The van der Waals surface area contributed by atoms with E-state index in [1.165, 1.54) is 6.07 Å². The average Bonchev–Trinajstić information content (AvgIpc) is 2.65. The maximum absolute atomic E-state index is 13.2. The minimum Gasteiger partial charge on any atom is -0.507 e. The molecule has 0 atom stereocenters. The zero-order valence-electron chi connectivity index (χ0n) is 16.6. The first-order valence-corrected chi connectivity index (χ1v) is 9.54. The number of fused-ring (bicyclic) bond motifs is 1. The third-order valence-corrected chi connectivity index (χ3v) is 6.04. The Kier molecular flexibility index (Phi) is 4.85. The van der Waals surface area contributed by atoms with Gasteiger partial charge in [-0.05, 0) is 44.2 Å². The molecule has 0 fully saturated rings. The molecule has 0 bridgehead atoms. The minimum absolute atomic E-state index is 0.138. The molecule has 1 aromatic carbocycles. The van der Waals surface area contributed by atoms with Crippen LogP contribution in [-0.4, -0.2) is 10.9 Å². The Hall–Kier alpha value is -2.62. The first kappa shape index (κ1) is 19.2. The van der Waals surface area contributed by atoms with E-state index in [9.17, 15) is 14.7 Å². The maximum Gasteiger partial charge on any atom is 0.196 e. The number of allylic oxidation sites excluding steroid dienone is 1. The van der Waals surface area contributed by atoms with Gasteiger partial charge >= 0.3 is 0 Å². The van der Waals surface area contributed by atoms with Crippen molar-refractivity contribution in [2.24, 2.45) is 0 Å². The molecule has 142 valence electrons. The molecule has 1 heterocycles. The summed E-state index contributed by atoms with van der Waals surface area (Å²) in [5, 5.41) is 10.7. The summed E-state index contributed by atoms with van der Waals surface area (Å²) < 4.78 is 6.22. The van der Waals surface area contributed by atoms with Gasteiger partial charge < -0.3 is 9.52 Å². The molecule has 0 unspecified atom stereocenters. The number of aryl methyl sites for hydroxylation is 1. The van der Waals surface area contributed by atoms with Gasteiger partial charge in [0.1, 0.15) is 22.8 Å². The van der Waals surface area contributed by atoms with Gasteiger partial charge in [0.15, 0.2) is 11.2 Å². The molecule has 0 amide bonds. The maximum atomic E-state index is 13.2. The number of ketones is 1. The summed E-state index contributed by atoms with van der Waals surface area (Å²) in [7, 11) is 0. The third-order valence-electron chi connectivity index (χ3n) is 6.04. The molecule has 4 nitrogen and oxygen atoms in total. The van der Waals surface area contributed by atoms with Crippen LogP contribution in [0.5, 0.6) is 0 Å². The van der Waals surface area contributed by atoms with E-state index in [0.717, 1.165) is 16.7 Å². The lowest BCUT2D eigenvalue weighted by atomic mass is 9.68. The van der Waals surface area contributed by atoms with Crippen LogP contribution in [0.15, 0.2) is 39.1 Å². The standard InChI is InChI=1S/C23H26O4/c1-6-15-20(25)19-17(24)12-18(16-11-9-10-13(4)14(16)5)27-22(19)23(7-2,8-3)21(15)26/h9-12,25H,6-8H2,1-5H3. The summed E-state index contributed by atoms with van der Waals surface area (Å²) in [5.41, 5.74) is 2.18. The number of rotatable bonds is 4. The molecule has 1 aliphatic carbocycles. The van der Waals surface area contributed by atoms with Crippen LogP contribution in [0.1, 0.15) is 62.5 Å². The van der Waals surface area contributed by atoms with Crippen LogP contribution in [0, 0.1) is 13.8 Å². The van der Waals surface area contributed by atoms with E-state index in [1.54, 1.807) is 0 Å². The van der Waals surface area contributed by atoms with Gasteiger partial charge in [-0.25, -0.2) is 0 Å². The second kappa shape index (κ2) is 6.84. The normalized spacial score (nSPS) is 15.8. The molecule has 2 aromatic rings. The highest BCUT2D eigenvalue weighted by atomic mass is 16.3. The van der Waals surface area contributed by atoms with Crippen molar-refractivity contribution in [2.45, 2.75) is 59.3 Å². The molecular weight excluding hydrogens is 340 g/mol. The Balaban J connectivity index is 2.41. The van der Waals surface area contributed by atoms with Gasteiger partial charge in [-0.3, -0.25) is 9.59 Å². The summed E-state index contributed by atoms with van der Waals surface area (Å²) >= 11 is 0. The van der Waals surface area contributed by atoms with Crippen LogP contribution in [0.25, 0.3) is 17.1 Å². The second-order valence-corrected chi connectivity index (χ2v) is 7.23. The van der Waals surface area contributed by atoms with E-state index < -0.39 is 5.41 Å². The van der Waals surface area contributed by atoms with Crippen LogP contribution in [-0.2, 0) is 10.2 Å². The summed E-state index contributed by atoms with van der Waals surface area (Å²) in [5.74, 6) is 0.375. The van der Waals surface area contributed by atoms with Crippen LogP contribution in [0.2, 0.25) is 0 Å². The topological polar surface area (TPSA) is 67.5 Å². The number of hydrogen-bond donors (Lipinski definition) is 1. The third kappa shape index (κ3) is 2.66. The summed E-state index contributed by atoms with van der Waals surface area (Å²) in [6.07, 6.45) is 1.39. The van der Waals surface area contributed by atoms with Crippen LogP contribution < -0.4 is 5.43 Å². The Morgan fingerprint density at radius 3 is 2.33 bits per heavy atom. The number of carbonyl (C=O) groups excluding carboxylic acids is 1. The van der Waals surface area contributed by atoms with Gasteiger partial charge in [0, 0.05) is 17.2 Å². The Morgan fingerprint density at radius 1 is 1.07 bits per heavy atom. The van der Waals surface area contributed by atoms with E-state index in [-0.39, 0.29) is 22.5 Å². The minimum atomic E-state index is -0.917. The predicted octanol–water partition coefficient (Wildman–Crippen LogP) is 5.24. The fraction of sp³-hybridized carbons (Fsp3) is 0.391. The number of Topliss-reactive ketones (excluding diaryl/α,β-unsaturated/α-hetero) is 1. The number of benzene rings is 1. The zero-order valence-corrected chi connectivity index (χ0v) is 16.6. The van der Waals surface area contributed by atoms with E-state index in [0.29, 0.717) is 36.4 Å². The van der Waals surface area contributed by atoms with Gasteiger partial charge in [0.25, 0.3) is 0 Å². The highest BCUT2D eigenvalue weighted by molar-refractivity contribution is 6.10. The lowest BCUT2D eigenvalue weighted by Gasteiger charge is -2.35. The number of aliphatic hydroxyl groups is 1. The quantitative estimate of drug-likeness (QED) is 0.803. The highest BCUT2D eigenvalue weighted by Crippen LogP contribution is 2.44. The SMILES string of the molecule is CCC1=C(O)c2c(oc(-c3cccc(C)c3C)cc2=O)C(CC)(CC)C1=O. The number of carbonyl (C=O) groups is 1. The van der Waals surface area contributed by atoms with E-state index in [1.807, 2.05) is 52.8 Å². The van der Waals surface area contributed by atoms with Crippen molar-refractivity contribution < 1.29 is 14.3 Å². The van der Waals surface area contributed by atoms with Gasteiger partial charge in [-0.1, -0.05) is 39.0 Å². The van der Waals surface area contributed by atoms with Crippen molar-refractivity contribution in [1.29, 1.82) is 0 Å². The van der Waals surface area contributed by atoms with Crippen molar-refractivity contribution in [3.05, 3.63) is 62.5 Å². The lowest BCUT2D eigenvalue weighted by molar-refractivity contribution is -0.122. The first-order valence-electron chi connectivity index (χ1n) is 9.54. The smallest absolute Gasteiger partial charge is 0.196 e. The first-order chi connectivity index (χ1) is 12.8. The van der Waals surface area contributed by atoms with Gasteiger partial charge in [-0.15, -0.1) is 0 Å². The van der Waals surface area contributed by atoms with Crippen molar-refractivity contribution in [2.75, 3.05) is 0 Å². The number of aliphatic hydroxyl groups excluding tert-OH is 1. The highest BCUT2D eigenvalue weighted by Gasteiger charge is 2.48. The van der Waals surface area contributed by atoms with E-state index in [4.69, 9.17) is 4.42 Å². The molecule has 0 saturated carbocycles. The Bertz CT molecular complexity index is 1000. The zero-order chi connectivity index (χ0) is 19.9. The fourth-order valence-corrected chi connectivity index (χ4v) is 4.08. The van der Waals surface area contributed by atoms with Gasteiger partial charge in [0.05, 0.1) is 5.41 Å². The van der Waals surface area contributed by atoms with E-state index in [2.05, 4.69) is 0 Å². The van der Waals surface area contributed by atoms with Gasteiger partial charge in [-0.2, -0.15) is 0 Å². The van der Waals surface area contributed by atoms with Crippen molar-refractivity contribution in [1.82, 2.24) is 0 Å². The average molecular weight is 366 g/mol. The van der Waals surface area contributed by atoms with Crippen molar-refractivity contribution in [3.8, 4) is 11.3 Å². The van der Waals surface area contributed by atoms with Crippen LogP contribution >= 0.6 is 0 Å². The Labute approximate surface area is 159 Å². The molecule has 1 aromatic heterocycles. The molecule has 1 aliphatic rings. The van der Waals surface area contributed by atoms with Crippen molar-refractivity contribution in [3.63, 3.8) is 0 Å². The summed E-state index contributed by atoms with van der Waals surface area (Å²) in [6.45, 7) is 9.64. The predicted molar refractivity (Wildman–Crippen MR) is 107 cm³/mol. The lowest BCUT2D eigenvalue weighted by Crippen LogP contribution is -2.41. The van der Waals surface area contributed by atoms with Gasteiger partial charge in [0.2, 0.25) is 0 Å². The second-order valence-electron chi connectivity index (χ2n) is 7.23. The Morgan fingerprint density at radius 2 is 1.74 bits per heavy atom. The van der Waals surface area contributed by atoms with Crippen LogP contribution in [0.3, 0.4) is 0 Å². The fourth-order valence-electron chi connectivity index (χ4n) is 4.08. The number of hydrogen-bond acceptors (Lipinski definition) is 4. The largest absolute Gasteiger partial charge is 0.507 e. The summed E-state index contributed by atoms with van der Waals surface area (Å²) in [4.78, 5) is 26.2. The van der Waals surface area contributed by atoms with Crippen molar-refractivity contribution >= 4 is 11.5 Å². The monoisotopic (exact) mass is 366 g/mol. The molecule has 3 rings (SSSR count).